The molecule has 3 aromatic rings. The van der Waals surface area contributed by atoms with Crippen LogP contribution >= 0.6 is 0 Å². The molecule has 0 bridgehead atoms. The highest BCUT2D eigenvalue weighted by molar-refractivity contribution is 5.97. The van der Waals surface area contributed by atoms with E-state index in [9.17, 15) is 9.59 Å². The number of aromatic nitrogens is 2. The van der Waals surface area contributed by atoms with Crippen LogP contribution in [0.25, 0.3) is 11.4 Å². The molecule has 3 rings (SSSR count). The topological polar surface area (TPSA) is 98.0 Å². The van der Waals surface area contributed by atoms with Crippen molar-refractivity contribution in [2.75, 3.05) is 0 Å². The lowest BCUT2D eigenvalue weighted by Crippen LogP contribution is -2.37. The van der Waals surface area contributed by atoms with Crippen molar-refractivity contribution in [2.24, 2.45) is 5.73 Å². The maximum Gasteiger partial charge on any atom is 0.255 e. The van der Waals surface area contributed by atoms with E-state index in [2.05, 4.69) is 15.3 Å². The molecule has 0 radical (unpaired) electrons. The summed E-state index contributed by atoms with van der Waals surface area (Å²) >= 11 is 0. The number of amides is 2. The monoisotopic (exact) mass is 332 g/mol. The van der Waals surface area contributed by atoms with Crippen molar-refractivity contribution in [1.29, 1.82) is 0 Å². The van der Waals surface area contributed by atoms with E-state index in [0.717, 1.165) is 5.56 Å². The Morgan fingerprint density at radius 1 is 0.880 bits per heavy atom. The van der Waals surface area contributed by atoms with E-state index >= 15 is 0 Å². The summed E-state index contributed by atoms with van der Waals surface area (Å²) in [5, 5.41) is 2.61. The number of carbonyl (C=O) groups is 2. The van der Waals surface area contributed by atoms with Gasteiger partial charge in [0, 0.05) is 18.0 Å². The quantitative estimate of drug-likeness (QED) is 0.747. The third kappa shape index (κ3) is 3.87. The molecule has 1 atom stereocenters. The number of hydrogen-bond acceptors (Lipinski definition) is 4. The van der Waals surface area contributed by atoms with E-state index in [1.807, 2.05) is 36.4 Å². The Morgan fingerprint density at radius 2 is 1.44 bits per heavy atom. The van der Waals surface area contributed by atoms with Gasteiger partial charge in [-0.1, -0.05) is 60.7 Å². The minimum absolute atomic E-state index is 0.252. The van der Waals surface area contributed by atoms with Crippen molar-refractivity contribution in [1.82, 2.24) is 15.3 Å². The fourth-order valence-corrected chi connectivity index (χ4v) is 2.36. The molecule has 0 saturated carbocycles. The molecule has 0 spiro atoms. The molecule has 0 saturated heterocycles. The lowest BCUT2D eigenvalue weighted by Gasteiger charge is -2.15. The van der Waals surface area contributed by atoms with Crippen LogP contribution in [0.3, 0.4) is 0 Å². The summed E-state index contributed by atoms with van der Waals surface area (Å²) in [4.78, 5) is 32.5. The van der Waals surface area contributed by atoms with Gasteiger partial charge in [0.25, 0.3) is 5.91 Å². The van der Waals surface area contributed by atoms with Gasteiger partial charge in [0.1, 0.15) is 6.04 Å². The molecule has 0 fully saturated rings. The molecule has 1 aromatic heterocycles. The van der Waals surface area contributed by atoms with Crippen LogP contribution in [0.4, 0.5) is 0 Å². The van der Waals surface area contributed by atoms with E-state index in [1.54, 1.807) is 24.3 Å². The predicted molar refractivity (Wildman–Crippen MR) is 93.3 cm³/mol. The van der Waals surface area contributed by atoms with Crippen LogP contribution in [0.5, 0.6) is 0 Å². The molecule has 0 aliphatic rings. The van der Waals surface area contributed by atoms with Gasteiger partial charge in [-0.3, -0.25) is 9.59 Å². The van der Waals surface area contributed by atoms with Gasteiger partial charge in [0.05, 0.1) is 5.56 Å². The standard InChI is InChI=1S/C19H16N4O2/c20-17(24)16(13-7-3-1-4-8-13)23-19(25)15-11-21-18(22-12-15)14-9-5-2-6-10-14/h1-12,16H,(H2,20,24)(H,23,25). The summed E-state index contributed by atoms with van der Waals surface area (Å²) < 4.78 is 0. The third-order valence-corrected chi connectivity index (χ3v) is 3.64. The van der Waals surface area contributed by atoms with Crippen LogP contribution < -0.4 is 11.1 Å². The van der Waals surface area contributed by atoms with Crippen molar-refractivity contribution in [3.63, 3.8) is 0 Å². The number of benzene rings is 2. The normalized spacial score (nSPS) is 11.5. The van der Waals surface area contributed by atoms with E-state index in [-0.39, 0.29) is 5.56 Å². The second kappa shape index (κ2) is 7.35. The maximum absolute atomic E-state index is 12.4. The number of carbonyl (C=O) groups excluding carboxylic acids is 2. The Morgan fingerprint density at radius 3 is 2.00 bits per heavy atom. The van der Waals surface area contributed by atoms with Crippen LogP contribution in [0.2, 0.25) is 0 Å². The van der Waals surface area contributed by atoms with Gasteiger partial charge in [0.15, 0.2) is 5.82 Å². The van der Waals surface area contributed by atoms with E-state index in [0.29, 0.717) is 11.4 Å². The molecular formula is C19H16N4O2. The van der Waals surface area contributed by atoms with Gasteiger partial charge >= 0.3 is 0 Å². The molecule has 6 nitrogen and oxygen atoms in total. The number of nitrogens with zero attached hydrogens (tertiary/aromatic N) is 2. The summed E-state index contributed by atoms with van der Waals surface area (Å²) in [6.45, 7) is 0. The number of hydrogen-bond donors (Lipinski definition) is 2. The highest BCUT2D eigenvalue weighted by atomic mass is 16.2. The van der Waals surface area contributed by atoms with E-state index < -0.39 is 17.9 Å². The summed E-state index contributed by atoms with van der Waals surface area (Å²) in [6.07, 6.45) is 2.85. The second-order valence-corrected chi connectivity index (χ2v) is 5.38. The molecule has 0 aliphatic carbocycles. The zero-order chi connectivity index (χ0) is 17.6. The molecule has 1 unspecified atom stereocenters. The van der Waals surface area contributed by atoms with Crippen LogP contribution in [-0.2, 0) is 4.79 Å². The third-order valence-electron chi connectivity index (χ3n) is 3.64. The average Bonchev–Trinajstić information content (AvgIpc) is 2.67. The van der Waals surface area contributed by atoms with Crippen LogP contribution in [0.1, 0.15) is 22.0 Å². The van der Waals surface area contributed by atoms with E-state index in [1.165, 1.54) is 12.4 Å². The first-order chi connectivity index (χ1) is 12.1. The van der Waals surface area contributed by atoms with Gasteiger partial charge in [0.2, 0.25) is 5.91 Å². The lowest BCUT2D eigenvalue weighted by atomic mass is 10.1. The van der Waals surface area contributed by atoms with E-state index in [4.69, 9.17) is 5.73 Å². The number of rotatable bonds is 5. The maximum atomic E-state index is 12.4. The summed E-state index contributed by atoms with van der Waals surface area (Å²) in [6, 6.07) is 17.3. The van der Waals surface area contributed by atoms with Crippen LogP contribution in [-0.4, -0.2) is 21.8 Å². The van der Waals surface area contributed by atoms with Crippen molar-refractivity contribution in [3.05, 3.63) is 84.2 Å². The van der Waals surface area contributed by atoms with Crippen molar-refractivity contribution in [3.8, 4) is 11.4 Å². The fraction of sp³-hybridized carbons (Fsp3) is 0.0526. The van der Waals surface area contributed by atoms with Gasteiger partial charge < -0.3 is 11.1 Å². The molecule has 3 N–H and O–H groups in total. The van der Waals surface area contributed by atoms with Crippen molar-refractivity contribution >= 4 is 11.8 Å². The summed E-state index contributed by atoms with van der Waals surface area (Å²) in [5.41, 5.74) is 7.13. The minimum atomic E-state index is -0.914. The smallest absolute Gasteiger partial charge is 0.255 e. The Hall–Kier alpha value is -3.54. The molecule has 1 heterocycles. The Kier molecular flexibility index (Phi) is 4.80. The van der Waals surface area contributed by atoms with Gasteiger partial charge in [-0.05, 0) is 5.56 Å². The summed E-state index contributed by atoms with van der Waals surface area (Å²) in [7, 11) is 0. The highest BCUT2D eigenvalue weighted by Gasteiger charge is 2.21. The number of nitrogens with one attached hydrogen (secondary N) is 1. The number of nitrogens with two attached hydrogens (primary N) is 1. The molecular weight excluding hydrogens is 316 g/mol. The molecule has 2 aromatic carbocycles. The summed E-state index contributed by atoms with van der Waals surface area (Å²) in [5.74, 6) is -0.583. The van der Waals surface area contributed by atoms with Crippen LogP contribution in [0.15, 0.2) is 73.1 Å². The number of primary amides is 1. The largest absolute Gasteiger partial charge is 0.368 e. The molecule has 0 aliphatic heterocycles. The van der Waals surface area contributed by atoms with Crippen molar-refractivity contribution < 1.29 is 9.59 Å². The molecule has 25 heavy (non-hydrogen) atoms. The van der Waals surface area contributed by atoms with Crippen LogP contribution in [0, 0.1) is 0 Å². The first-order valence-corrected chi connectivity index (χ1v) is 7.68. The predicted octanol–water partition coefficient (Wildman–Crippen LogP) is 2.10. The van der Waals surface area contributed by atoms with Gasteiger partial charge in [-0.25, -0.2) is 9.97 Å². The first kappa shape index (κ1) is 16.3. The van der Waals surface area contributed by atoms with Crippen molar-refractivity contribution in [2.45, 2.75) is 6.04 Å². The lowest BCUT2D eigenvalue weighted by molar-refractivity contribution is -0.120. The van der Waals surface area contributed by atoms with Gasteiger partial charge in [-0.2, -0.15) is 0 Å². The second-order valence-electron chi connectivity index (χ2n) is 5.38. The Balaban J connectivity index is 1.77. The minimum Gasteiger partial charge on any atom is -0.368 e. The van der Waals surface area contributed by atoms with Gasteiger partial charge in [-0.15, -0.1) is 0 Å². The Labute approximate surface area is 144 Å². The molecule has 124 valence electrons. The zero-order valence-corrected chi connectivity index (χ0v) is 13.3. The first-order valence-electron chi connectivity index (χ1n) is 7.68. The zero-order valence-electron chi connectivity index (χ0n) is 13.3. The SMILES string of the molecule is NC(=O)C(NC(=O)c1cnc(-c2ccccc2)nc1)c1ccccc1. The Bertz CT molecular complexity index is 865. The highest BCUT2D eigenvalue weighted by Crippen LogP contribution is 2.15. The average molecular weight is 332 g/mol. The molecule has 2 amide bonds. The fourth-order valence-electron chi connectivity index (χ4n) is 2.36. The molecule has 6 heteroatoms.